The molecule has 16 heavy (non-hydrogen) atoms. The molecule has 0 atom stereocenters. The van der Waals surface area contributed by atoms with E-state index >= 15 is 0 Å². The Morgan fingerprint density at radius 3 is 3.06 bits per heavy atom. The van der Waals surface area contributed by atoms with Crippen LogP contribution in [0.2, 0.25) is 0 Å². The molecule has 0 saturated carbocycles. The molecule has 2 heterocycles. The summed E-state index contributed by atoms with van der Waals surface area (Å²) in [6, 6.07) is 5.12. The number of nitrogens with zero attached hydrogens (tertiary/aromatic N) is 3. The minimum absolute atomic E-state index is 0.106. The molecule has 0 radical (unpaired) electrons. The predicted molar refractivity (Wildman–Crippen MR) is 57.4 cm³/mol. The first kappa shape index (κ1) is 10.4. The van der Waals surface area contributed by atoms with Gasteiger partial charge in [0.25, 0.3) is 0 Å². The third-order valence-electron chi connectivity index (χ3n) is 2.08. The summed E-state index contributed by atoms with van der Waals surface area (Å²) >= 11 is 0. The molecular formula is C9H10N4O3. The molecule has 0 fully saturated rings. The zero-order chi connectivity index (χ0) is 11.5. The monoisotopic (exact) mass is 222 g/mol. The van der Waals surface area contributed by atoms with E-state index in [0.29, 0.717) is 5.65 Å². The molecule has 2 aromatic heterocycles. The molecule has 0 aliphatic rings. The zero-order valence-corrected chi connectivity index (χ0v) is 8.33. The molecule has 0 unspecified atom stereocenters. The number of aromatic nitrogens is 2. The van der Waals surface area contributed by atoms with Gasteiger partial charge in [-0.15, -0.1) is 0 Å². The highest BCUT2D eigenvalue weighted by atomic mass is 16.6. The number of hydrogen-bond donors (Lipinski definition) is 2. The standard InChI is InChI=1S/C9H10N4O3/c14-6-4-10-8-9(13(15)16)12-5-2-1-3-7(12)11-8/h1-3,5,10,14H,4,6H2. The summed E-state index contributed by atoms with van der Waals surface area (Å²) in [4.78, 5) is 14.5. The number of nitrogens with one attached hydrogen (secondary N) is 1. The molecule has 7 nitrogen and oxygen atoms in total. The molecule has 0 spiro atoms. The van der Waals surface area contributed by atoms with Gasteiger partial charge in [-0.25, -0.2) is 0 Å². The van der Waals surface area contributed by atoms with Crippen molar-refractivity contribution >= 4 is 17.3 Å². The summed E-state index contributed by atoms with van der Waals surface area (Å²) in [7, 11) is 0. The highest BCUT2D eigenvalue weighted by Crippen LogP contribution is 2.24. The lowest BCUT2D eigenvalue weighted by atomic mass is 10.5. The molecule has 2 aromatic rings. The number of rotatable bonds is 4. The van der Waals surface area contributed by atoms with Crippen LogP contribution in [0.1, 0.15) is 0 Å². The lowest BCUT2D eigenvalue weighted by Crippen LogP contribution is -2.07. The summed E-state index contributed by atoms with van der Waals surface area (Å²) in [5.74, 6) is 0.0503. The van der Waals surface area contributed by atoms with Crippen LogP contribution in [0.5, 0.6) is 0 Å². The van der Waals surface area contributed by atoms with E-state index < -0.39 is 4.92 Å². The van der Waals surface area contributed by atoms with E-state index in [-0.39, 0.29) is 24.8 Å². The van der Waals surface area contributed by atoms with Crippen LogP contribution in [0.3, 0.4) is 0 Å². The molecule has 2 rings (SSSR count). The minimum atomic E-state index is -0.500. The van der Waals surface area contributed by atoms with Crippen molar-refractivity contribution in [2.75, 3.05) is 18.5 Å². The Labute approximate surface area is 90.5 Å². The van der Waals surface area contributed by atoms with Crippen LogP contribution < -0.4 is 5.32 Å². The average Bonchev–Trinajstić information content (AvgIpc) is 2.64. The fourth-order valence-electron chi connectivity index (χ4n) is 1.45. The summed E-state index contributed by atoms with van der Waals surface area (Å²) in [6.45, 7) is 0.121. The Hall–Kier alpha value is -2.15. The Bertz CT molecular complexity index is 522. The Morgan fingerprint density at radius 2 is 2.38 bits per heavy atom. The number of imidazole rings is 1. The lowest BCUT2D eigenvalue weighted by molar-refractivity contribution is -0.389. The molecule has 0 amide bonds. The van der Waals surface area contributed by atoms with E-state index in [1.165, 1.54) is 4.40 Å². The first-order valence-corrected chi connectivity index (χ1v) is 4.70. The SMILES string of the molecule is O=[N+]([O-])c1c(NCCO)nc2ccccn12. The minimum Gasteiger partial charge on any atom is -0.395 e. The number of aliphatic hydroxyl groups is 1. The third kappa shape index (κ3) is 1.68. The first-order chi connectivity index (χ1) is 7.74. The second-order valence-electron chi connectivity index (χ2n) is 3.12. The van der Waals surface area contributed by atoms with Gasteiger partial charge in [0.05, 0.1) is 12.8 Å². The van der Waals surface area contributed by atoms with E-state index in [9.17, 15) is 10.1 Å². The third-order valence-corrected chi connectivity index (χ3v) is 2.08. The van der Waals surface area contributed by atoms with Gasteiger partial charge in [0.15, 0.2) is 0 Å². The largest absolute Gasteiger partial charge is 0.395 e. The van der Waals surface area contributed by atoms with Crippen molar-refractivity contribution < 1.29 is 10.0 Å². The fourth-order valence-corrected chi connectivity index (χ4v) is 1.45. The maximum atomic E-state index is 10.9. The van der Waals surface area contributed by atoms with E-state index in [1.807, 2.05) is 0 Å². The molecule has 84 valence electrons. The van der Waals surface area contributed by atoms with Crippen LogP contribution in [-0.4, -0.2) is 32.6 Å². The van der Waals surface area contributed by atoms with E-state index in [4.69, 9.17) is 5.11 Å². The Morgan fingerprint density at radius 1 is 1.56 bits per heavy atom. The summed E-state index contributed by atoms with van der Waals surface area (Å²) < 4.78 is 1.39. The predicted octanol–water partition coefficient (Wildman–Crippen LogP) is 0.647. The number of pyridine rings is 1. The number of fused-ring (bicyclic) bond motifs is 1. The lowest BCUT2D eigenvalue weighted by Gasteiger charge is -1.99. The van der Waals surface area contributed by atoms with Gasteiger partial charge in [-0.3, -0.25) is 0 Å². The van der Waals surface area contributed by atoms with Gasteiger partial charge in [-0.1, -0.05) is 6.07 Å². The van der Waals surface area contributed by atoms with Gasteiger partial charge in [0, 0.05) is 12.6 Å². The van der Waals surface area contributed by atoms with Gasteiger partial charge in [-0.2, -0.15) is 9.38 Å². The van der Waals surface area contributed by atoms with Crippen molar-refractivity contribution in [1.82, 2.24) is 9.38 Å². The van der Waals surface area contributed by atoms with Crippen molar-refractivity contribution in [1.29, 1.82) is 0 Å². The molecule has 0 saturated heterocycles. The number of nitro groups is 1. The zero-order valence-electron chi connectivity index (χ0n) is 8.33. The average molecular weight is 222 g/mol. The molecule has 2 N–H and O–H groups in total. The second-order valence-corrected chi connectivity index (χ2v) is 3.12. The second kappa shape index (κ2) is 4.15. The molecule has 7 heteroatoms. The Kier molecular flexibility index (Phi) is 2.69. The van der Waals surface area contributed by atoms with E-state index in [1.54, 1.807) is 24.4 Å². The number of aliphatic hydroxyl groups excluding tert-OH is 1. The summed E-state index contributed by atoms with van der Waals surface area (Å²) in [5.41, 5.74) is 0.495. The highest BCUT2D eigenvalue weighted by molar-refractivity contribution is 5.62. The number of hydrogen-bond acceptors (Lipinski definition) is 5. The van der Waals surface area contributed by atoms with E-state index in [0.717, 1.165) is 0 Å². The van der Waals surface area contributed by atoms with Crippen LogP contribution in [0, 0.1) is 10.1 Å². The molecule has 0 aromatic carbocycles. The van der Waals surface area contributed by atoms with Gasteiger partial charge in [-0.05, 0) is 11.0 Å². The molecule has 0 aliphatic carbocycles. The van der Waals surface area contributed by atoms with E-state index in [2.05, 4.69) is 10.3 Å². The van der Waals surface area contributed by atoms with Crippen molar-refractivity contribution in [2.24, 2.45) is 0 Å². The normalized spacial score (nSPS) is 10.6. The van der Waals surface area contributed by atoms with Crippen LogP contribution in [0.15, 0.2) is 24.4 Å². The highest BCUT2D eigenvalue weighted by Gasteiger charge is 2.21. The first-order valence-electron chi connectivity index (χ1n) is 4.70. The number of anilines is 1. The van der Waals surface area contributed by atoms with Gasteiger partial charge in [0.1, 0.15) is 0 Å². The molecule has 0 bridgehead atoms. The summed E-state index contributed by atoms with van der Waals surface area (Å²) in [6.07, 6.45) is 1.57. The van der Waals surface area contributed by atoms with Gasteiger partial charge < -0.3 is 20.5 Å². The molecule has 0 aliphatic heterocycles. The van der Waals surface area contributed by atoms with Crippen molar-refractivity contribution in [3.8, 4) is 0 Å². The van der Waals surface area contributed by atoms with Crippen molar-refractivity contribution in [2.45, 2.75) is 0 Å². The van der Waals surface area contributed by atoms with Crippen molar-refractivity contribution in [3.05, 3.63) is 34.5 Å². The van der Waals surface area contributed by atoms with Crippen LogP contribution in [0.25, 0.3) is 5.65 Å². The van der Waals surface area contributed by atoms with Crippen LogP contribution >= 0.6 is 0 Å². The Balaban J connectivity index is 2.54. The smallest absolute Gasteiger partial charge is 0.372 e. The van der Waals surface area contributed by atoms with Crippen LogP contribution in [0.4, 0.5) is 11.6 Å². The maximum Gasteiger partial charge on any atom is 0.372 e. The maximum absolute atomic E-state index is 10.9. The van der Waals surface area contributed by atoms with Crippen molar-refractivity contribution in [3.63, 3.8) is 0 Å². The van der Waals surface area contributed by atoms with Gasteiger partial charge in [0.2, 0.25) is 11.5 Å². The topological polar surface area (TPSA) is 92.7 Å². The quantitative estimate of drug-likeness (QED) is 0.585. The van der Waals surface area contributed by atoms with Crippen LogP contribution in [-0.2, 0) is 0 Å². The van der Waals surface area contributed by atoms with Gasteiger partial charge >= 0.3 is 5.82 Å². The fraction of sp³-hybridized carbons (Fsp3) is 0.222. The summed E-state index contributed by atoms with van der Waals surface area (Å²) in [5, 5.41) is 22.3. The molecular weight excluding hydrogens is 212 g/mol.